The average Bonchev–Trinajstić information content (AvgIpc) is 1.52. The molecule has 3 aliphatic heterocycles. The van der Waals surface area contributed by atoms with Gasteiger partial charge in [0.2, 0.25) is 0 Å². The van der Waals surface area contributed by atoms with Gasteiger partial charge in [0, 0.05) is 55.3 Å². The number of hydrogen-bond donors (Lipinski definition) is 1. The predicted molar refractivity (Wildman–Crippen MR) is 398 cm³/mol. The highest BCUT2D eigenvalue weighted by Crippen LogP contribution is 2.53. The van der Waals surface area contributed by atoms with Gasteiger partial charge in [-0.2, -0.15) is 0 Å². The highest BCUT2D eigenvalue weighted by molar-refractivity contribution is 6.40. The smallest absolute Gasteiger partial charge is 0.168 e. The number of nitrogens with zero attached hydrogens (tertiary/aromatic N) is 6. The largest absolute Gasteiger partial charge is 0.492 e. The van der Waals surface area contributed by atoms with E-state index in [4.69, 9.17) is 58.4 Å². The van der Waals surface area contributed by atoms with Crippen LogP contribution >= 0.6 is 0 Å². The lowest BCUT2D eigenvalue weighted by molar-refractivity contribution is 0.305. The molecule has 11 aromatic rings. The molecule has 0 fully saturated rings. The molecule has 0 spiro atoms. The van der Waals surface area contributed by atoms with E-state index < -0.39 is 0 Å². The second-order valence-corrected chi connectivity index (χ2v) is 25.9. The zero-order valence-electron chi connectivity index (χ0n) is 56.6. The van der Waals surface area contributed by atoms with Crippen LogP contribution in [-0.2, 0) is 0 Å². The summed E-state index contributed by atoms with van der Waals surface area (Å²) in [6.45, 7) is 20.4. The molecule has 0 atom stereocenters. The molecule has 0 amide bonds. The number of fused-ring (bicyclic) bond motifs is 24. The molecule has 4 heterocycles. The molecule has 486 valence electrons. The third-order valence-electron chi connectivity index (χ3n) is 19.3. The van der Waals surface area contributed by atoms with Crippen LogP contribution in [0.2, 0.25) is 0 Å². The van der Waals surface area contributed by atoms with E-state index in [1.807, 2.05) is 0 Å². The van der Waals surface area contributed by atoms with E-state index >= 15 is 0 Å². The van der Waals surface area contributed by atoms with Gasteiger partial charge in [0.15, 0.2) is 23.3 Å². The Morgan fingerprint density at radius 3 is 1.03 bits per heavy atom. The maximum absolute atomic E-state index is 7.29. The first kappa shape index (κ1) is 62.2. The maximum Gasteiger partial charge on any atom is 0.168 e. The lowest BCUT2D eigenvalue weighted by Crippen LogP contribution is -2.11. The average molecular weight is 1270 g/mol. The molecule has 10 aromatic carbocycles. The number of benzene rings is 10. The Kier molecular flexibility index (Phi) is 17.3. The topological polar surface area (TPSA) is 145 Å². The van der Waals surface area contributed by atoms with Gasteiger partial charge in [-0.05, 0) is 120 Å². The molecule has 1 aliphatic carbocycles. The summed E-state index contributed by atoms with van der Waals surface area (Å²) in [6.07, 6.45) is 11.0. The van der Waals surface area contributed by atoms with Gasteiger partial charge < -0.3 is 33.4 Å². The number of H-pyrrole nitrogens is 1. The van der Waals surface area contributed by atoms with Gasteiger partial charge in [-0.3, -0.25) is 0 Å². The van der Waals surface area contributed by atoms with Gasteiger partial charge in [0.25, 0.3) is 0 Å². The van der Waals surface area contributed by atoms with Gasteiger partial charge in [-0.1, -0.05) is 177 Å². The maximum atomic E-state index is 7.29. The highest BCUT2D eigenvalue weighted by atomic mass is 16.5. The van der Waals surface area contributed by atoms with Gasteiger partial charge in [0.05, 0.1) is 78.7 Å². The van der Waals surface area contributed by atoms with Crippen LogP contribution in [0.25, 0.3) is 75.4 Å². The zero-order valence-corrected chi connectivity index (χ0v) is 56.6. The number of amidine groups is 4. The summed E-state index contributed by atoms with van der Waals surface area (Å²) in [6, 6.07) is 43.1. The van der Waals surface area contributed by atoms with Crippen molar-refractivity contribution in [3.8, 4) is 34.5 Å². The first-order valence-electron chi connectivity index (χ1n) is 35.2. The number of hydrogen-bond acceptors (Lipinski definition) is 12. The van der Waals surface area contributed by atoms with Crippen LogP contribution in [0.15, 0.2) is 151 Å². The van der Waals surface area contributed by atoms with Crippen molar-refractivity contribution in [3.63, 3.8) is 0 Å². The minimum atomic E-state index is 0.299. The van der Waals surface area contributed by atoms with Crippen LogP contribution in [0.5, 0.6) is 34.5 Å². The Morgan fingerprint density at radius 1 is 0.302 bits per heavy atom. The quantitative estimate of drug-likeness (QED) is 0.0471. The van der Waals surface area contributed by atoms with Crippen molar-refractivity contribution in [2.75, 3.05) is 39.6 Å². The van der Waals surface area contributed by atoms with E-state index in [0.717, 1.165) is 197 Å². The summed E-state index contributed by atoms with van der Waals surface area (Å²) < 4.78 is 43.3. The molecule has 1 N–H and O–H groups in total. The molecule has 1 aromatic heterocycles. The number of rotatable bonds is 24. The van der Waals surface area contributed by atoms with Crippen molar-refractivity contribution in [1.29, 1.82) is 0 Å². The van der Waals surface area contributed by atoms with Crippen LogP contribution in [0.3, 0.4) is 0 Å². The van der Waals surface area contributed by atoms with E-state index in [-0.39, 0.29) is 0 Å². The molecular formula is C83H83N7O6. The van der Waals surface area contributed by atoms with Gasteiger partial charge in [-0.15, -0.1) is 0 Å². The first-order chi connectivity index (χ1) is 47.2. The van der Waals surface area contributed by atoms with Crippen molar-refractivity contribution < 1.29 is 28.4 Å². The molecule has 0 saturated carbocycles. The first-order valence-corrected chi connectivity index (χ1v) is 35.2. The third-order valence-corrected chi connectivity index (χ3v) is 19.3. The third kappa shape index (κ3) is 10.8. The number of aromatic nitrogens is 1. The summed E-state index contributed by atoms with van der Waals surface area (Å²) in [5.74, 6) is 7.00. The van der Waals surface area contributed by atoms with Crippen molar-refractivity contribution in [3.05, 3.63) is 166 Å². The van der Waals surface area contributed by atoms with E-state index in [2.05, 4.69) is 182 Å². The van der Waals surface area contributed by atoms with Crippen LogP contribution < -0.4 is 28.4 Å². The van der Waals surface area contributed by atoms with Crippen molar-refractivity contribution in [1.82, 2.24) is 4.98 Å². The van der Waals surface area contributed by atoms with Crippen LogP contribution in [0.1, 0.15) is 170 Å². The molecule has 13 heteroatoms. The highest BCUT2D eigenvalue weighted by Gasteiger charge is 2.40. The Hall–Kier alpha value is -9.88. The van der Waals surface area contributed by atoms with Gasteiger partial charge in [0.1, 0.15) is 46.1 Å². The standard InChI is InChI=1S/C83H83N7O6/c1-9-15-37-91-72-55-34-26-25-33-54(55)48(7)65-67(72)81-86-78(65)87-82-69-68(73(92-38-16-10-2)56-35-27-28-36-57(56)74(69)93-39-17-11-3)79(88-82)84-62-47-63(66-64(62)49(8)58-43-50-29-21-22-30-51(50)44-59(58)75(66)94-40-18-12-4)85-80-70-71(83(89-80)90-81)77(96-42-20-14-6)61-46-53-32-24-23-31-52(53)45-60(61)76(70)95-41-19-13-5/h21-36,43-46H,9-20,37-42,47H2,1-8H3,(H,84,85,86,87,88,89,90). The van der Waals surface area contributed by atoms with Crippen molar-refractivity contribution in [2.24, 2.45) is 30.0 Å². The molecule has 0 saturated heterocycles. The van der Waals surface area contributed by atoms with E-state index in [9.17, 15) is 0 Å². The predicted octanol–water partition coefficient (Wildman–Crippen LogP) is 21.2. The minimum Gasteiger partial charge on any atom is -0.492 e. The number of aryl methyl sites for hydroxylation is 2. The van der Waals surface area contributed by atoms with Gasteiger partial charge in [-0.25, -0.2) is 30.0 Å². The summed E-state index contributed by atoms with van der Waals surface area (Å²) in [7, 11) is 0. The Labute approximate surface area is 561 Å². The lowest BCUT2D eigenvalue weighted by atomic mass is 9.92. The second-order valence-electron chi connectivity index (χ2n) is 25.9. The number of ether oxygens (including phenoxy) is 6. The molecule has 15 rings (SSSR count). The Morgan fingerprint density at radius 2 is 0.615 bits per heavy atom. The fraction of sp³-hybridized carbons (Fsp3) is 0.325. The molecule has 8 bridgehead atoms. The van der Waals surface area contributed by atoms with Crippen LogP contribution in [0.4, 0.5) is 11.6 Å². The summed E-state index contributed by atoms with van der Waals surface area (Å²) in [5.41, 5.74) is 8.25. The summed E-state index contributed by atoms with van der Waals surface area (Å²) in [5, 5.41) is 13.7. The fourth-order valence-corrected chi connectivity index (χ4v) is 14.3. The number of nitrogens with one attached hydrogen (secondary N) is 1. The molecule has 0 radical (unpaired) electrons. The second kappa shape index (κ2) is 26.7. The summed E-state index contributed by atoms with van der Waals surface area (Å²) in [4.78, 5) is 39.2. The molecular weight excluding hydrogens is 1190 g/mol. The van der Waals surface area contributed by atoms with E-state index in [0.29, 0.717) is 126 Å². The molecule has 96 heavy (non-hydrogen) atoms. The van der Waals surface area contributed by atoms with Crippen molar-refractivity contribution >= 4 is 122 Å². The summed E-state index contributed by atoms with van der Waals surface area (Å²) >= 11 is 0. The molecule has 4 aliphatic rings. The fourth-order valence-electron chi connectivity index (χ4n) is 14.3. The SMILES string of the molecule is CCCCOc1c2c(c(C)c3cc4ccccc4cc13)C1=NC3=NC(=Nc4[nH]c(c5c(OCCCC)c6ccccc6c(C)c45)N=C4N=C(N=C2C1)c1c4c(OCCCC)c2cc4ccccc4cc2c1OCCCC)c1c3c(OCCCC)c2ccccc2c1OCCCC. The minimum absolute atomic E-state index is 0.299. The Bertz CT molecular complexity index is 5160. The van der Waals surface area contributed by atoms with Gasteiger partial charge >= 0.3 is 0 Å². The van der Waals surface area contributed by atoms with E-state index in [1.54, 1.807) is 0 Å². The lowest BCUT2D eigenvalue weighted by Gasteiger charge is -2.20. The van der Waals surface area contributed by atoms with Crippen LogP contribution in [0, 0.1) is 13.8 Å². The van der Waals surface area contributed by atoms with E-state index in [1.165, 1.54) is 0 Å². The number of aliphatic imine (C=N–C) groups is 6. The normalized spacial score (nSPS) is 13.9. The monoisotopic (exact) mass is 1270 g/mol. The van der Waals surface area contributed by atoms with Crippen molar-refractivity contribution in [2.45, 2.75) is 139 Å². The Balaban J connectivity index is 1.14. The number of unbranched alkanes of at least 4 members (excludes halogenated alkanes) is 6. The number of aromatic amines is 1. The molecule has 0 unspecified atom stereocenters. The zero-order chi connectivity index (χ0) is 65.6. The van der Waals surface area contributed by atoms with Crippen LogP contribution in [-0.4, -0.2) is 79.4 Å². The molecule has 13 nitrogen and oxygen atoms in total.